The molecular weight excluding hydrogens is 226 g/mol. The van der Waals surface area contributed by atoms with Gasteiger partial charge in [0.1, 0.15) is 12.3 Å². The summed E-state index contributed by atoms with van der Waals surface area (Å²) in [6.45, 7) is 0.192. The Balaban J connectivity index is 1.99. The molecule has 0 aromatic rings. The standard InChI is InChI=1S/C11H19NO5/c13-6-9-8(15)5-11(17-9)12-4-3-7(14)1-2-10(12)16/h7-9,11,13-15H,1-6H2/t7-,8-,9+,11-/m0/s1. The summed E-state index contributed by atoms with van der Waals surface area (Å²) in [4.78, 5) is 13.4. The van der Waals surface area contributed by atoms with Gasteiger partial charge in [-0.2, -0.15) is 0 Å². The number of nitrogens with zero attached hydrogens (tertiary/aromatic N) is 1. The van der Waals surface area contributed by atoms with Crippen LogP contribution in [0.1, 0.15) is 25.7 Å². The number of likely N-dealkylation sites (tertiary alicyclic amines) is 1. The van der Waals surface area contributed by atoms with Crippen molar-refractivity contribution < 1.29 is 24.9 Å². The van der Waals surface area contributed by atoms with E-state index in [2.05, 4.69) is 0 Å². The molecule has 0 spiro atoms. The molecule has 0 saturated carbocycles. The lowest BCUT2D eigenvalue weighted by molar-refractivity contribution is -0.146. The average Bonchev–Trinajstić information content (AvgIpc) is 2.59. The van der Waals surface area contributed by atoms with Crippen molar-refractivity contribution in [3.05, 3.63) is 0 Å². The van der Waals surface area contributed by atoms with Crippen LogP contribution in [0.5, 0.6) is 0 Å². The van der Waals surface area contributed by atoms with Crippen LogP contribution in [0.25, 0.3) is 0 Å². The third kappa shape index (κ3) is 2.77. The summed E-state index contributed by atoms with van der Waals surface area (Å²) in [5.41, 5.74) is 0. The first-order valence-electron chi connectivity index (χ1n) is 6.03. The van der Waals surface area contributed by atoms with Crippen LogP contribution in [0.4, 0.5) is 0 Å². The highest BCUT2D eigenvalue weighted by atomic mass is 16.5. The van der Waals surface area contributed by atoms with Gasteiger partial charge in [-0.05, 0) is 12.8 Å². The molecule has 2 aliphatic heterocycles. The molecule has 2 rings (SSSR count). The molecule has 1 amide bonds. The third-order valence-electron chi connectivity index (χ3n) is 3.45. The molecule has 0 bridgehead atoms. The van der Waals surface area contributed by atoms with Crippen molar-refractivity contribution in [2.45, 2.75) is 50.2 Å². The number of ether oxygens (including phenoxy) is 1. The van der Waals surface area contributed by atoms with E-state index in [4.69, 9.17) is 9.84 Å². The predicted octanol–water partition coefficient (Wildman–Crippen LogP) is -1.17. The van der Waals surface area contributed by atoms with Crippen molar-refractivity contribution in [1.82, 2.24) is 4.90 Å². The van der Waals surface area contributed by atoms with E-state index < -0.39 is 24.5 Å². The lowest BCUT2D eigenvalue weighted by Crippen LogP contribution is -2.40. The minimum atomic E-state index is -0.731. The van der Waals surface area contributed by atoms with Gasteiger partial charge in [0.15, 0.2) is 0 Å². The lowest BCUT2D eigenvalue weighted by Gasteiger charge is -2.27. The molecule has 2 saturated heterocycles. The van der Waals surface area contributed by atoms with Gasteiger partial charge in [-0.3, -0.25) is 4.79 Å². The number of rotatable bonds is 2. The van der Waals surface area contributed by atoms with Gasteiger partial charge in [-0.15, -0.1) is 0 Å². The molecular formula is C11H19NO5. The summed E-state index contributed by atoms with van der Waals surface area (Å²) < 4.78 is 5.45. The summed E-state index contributed by atoms with van der Waals surface area (Å²) in [7, 11) is 0. The molecule has 0 radical (unpaired) electrons. The predicted molar refractivity (Wildman–Crippen MR) is 57.9 cm³/mol. The Hall–Kier alpha value is -0.690. The third-order valence-corrected chi connectivity index (χ3v) is 3.45. The molecule has 0 unspecified atom stereocenters. The highest BCUT2D eigenvalue weighted by Gasteiger charge is 2.39. The summed E-state index contributed by atoms with van der Waals surface area (Å²) in [6, 6.07) is 0. The molecule has 0 aromatic heterocycles. The molecule has 0 aliphatic carbocycles. The second-order valence-corrected chi connectivity index (χ2v) is 4.68. The van der Waals surface area contributed by atoms with E-state index in [1.165, 1.54) is 0 Å². The van der Waals surface area contributed by atoms with Crippen LogP contribution in [0, 0.1) is 0 Å². The minimum Gasteiger partial charge on any atom is -0.394 e. The van der Waals surface area contributed by atoms with Crippen LogP contribution in [0.3, 0.4) is 0 Å². The van der Waals surface area contributed by atoms with Crippen LogP contribution in [0.2, 0.25) is 0 Å². The Morgan fingerprint density at radius 1 is 1.35 bits per heavy atom. The Bertz CT molecular complexity index is 285. The maximum Gasteiger partial charge on any atom is 0.224 e. The lowest BCUT2D eigenvalue weighted by atomic mass is 10.2. The molecule has 2 fully saturated rings. The Morgan fingerprint density at radius 3 is 2.76 bits per heavy atom. The van der Waals surface area contributed by atoms with Crippen molar-refractivity contribution in [2.24, 2.45) is 0 Å². The first-order chi connectivity index (χ1) is 8.11. The maximum atomic E-state index is 11.8. The zero-order valence-corrected chi connectivity index (χ0v) is 9.66. The maximum absolute atomic E-state index is 11.8. The van der Waals surface area contributed by atoms with Crippen LogP contribution < -0.4 is 0 Å². The topological polar surface area (TPSA) is 90.2 Å². The number of aliphatic hydroxyl groups excluding tert-OH is 3. The fraction of sp³-hybridized carbons (Fsp3) is 0.909. The molecule has 4 atom stereocenters. The van der Waals surface area contributed by atoms with E-state index >= 15 is 0 Å². The normalized spacial score (nSPS) is 39.5. The molecule has 6 heteroatoms. The largest absolute Gasteiger partial charge is 0.394 e. The highest BCUT2D eigenvalue weighted by molar-refractivity contribution is 5.76. The molecule has 17 heavy (non-hydrogen) atoms. The van der Waals surface area contributed by atoms with E-state index in [-0.39, 0.29) is 12.5 Å². The van der Waals surface area contributed by atoms with Crippen LogP contribution >= 0.6 is 0 Å². The van der Waals surface area contributed by atoms with E-state index in [0.717, 1.165) is 0 Å². The van der Waals surface area contributed by atoms with Gasteiger partial charge in [-0.1, -0.05) is 0 Å². The van der Waals surface area contributed by atoms with E-state index in [1.807, 2.05) is 0 Å². The summed E-state index contributed by atoms with van der Waals surface area (Å²) in [6.07, 6.45) is -0.608. The molecule has 0 aromatic carbocycles. The zero-order chi connectivity index (χ0) is 12.4. The van der Waals surface area contributed by atoms with Crippen LogP contribution in [-0.2, 0) is 9.53 Å². The molecule has 2 heterocycles. The number of carbonyl (C=O) groups is 1. The van der Waals surface area contributed by atoms with Gasteiger partial charge in [0.25, 0.3) is 0 Å². The van der Waals surface area contributed by atoms with Gasteiger partial charge in [0.05, 0.1) is 18.8 Å². The smallest absolute Gasteiger partial charge is 0.224 e. The van der Waals surface area contributed by atoms with Crippen LogP contribution in [-0.4, -0.2) is 63.8 Å². The van der Waals surface area contributed by atoms with E-state index in [1.54, 1.807) is 4.90 Å². The summed E-state index contributed by atoms with van der Waals surface area (Å²) >= 11 is 0. The second-order valence-electron chi connectivity index (χ2n) is 4.68. The van der Waals surface area contributed by atoms with Gasteiger partial charge in [0.2, 0.25) is 5.91 Å². The number of carbonyl (C=O) groups excluding carboxylic acids is 1. The van der Waals surface area contributed by atoms with Crippen molar-refractivity contribution in [2.75, 3.05) is 13.2 Å². The van der Waals surface area contributed by atoms with Crippen molar-refractivity contribution in [3.8, 4) is 0 Å². The average molecular weight is 245 g/mol. The van der Waals surface area contributed by atoms with Crippen molar-refractivity contribution in [1.29, 1.82) is 0 Å². The zero-order valence-electron chi connectivity index (χ0n) is 9.66. The number of hydrogen-bond acceptors (Lipinski definition) is 5. The first kappa shape index (κ1) is 12.8. The highest BCUT2D eigenvalue weighted by Crippen LogP contribution is 2.26. The van der Waals surface area contributed by atoms with E-state index in [0.29, 0.717) is 32.2 Å². The summed E-state index contributed by atoms with van der Waals surface area (Å²) in [5, 5.41) is 28.1. The second kappa shape index (κ2) is 5.30. The van der Waals surface area contributed by atoms with Gasteiger partial charge >= 0.3 is 0 Å². The van der Waals surface area contributed by atoms with Gasteiger partial charge < -0.3 is 25.0 Å². The number of amides is 1. The van der Waals surface area contributed by atoms with Gasteiger partial charge in [-0.25, -0.2) is 0 Å². The minimum absolute atomic E-state index is 0.0580. The van der Waals surface area contributed by atoms with Crippen LogP contribution in [0.15, 0.2) is 0 Å². The SMILES string of the molecule is O=C1CC[C@H](O)CCN1[C@@H]1C[C@H](O)[C@@H](CO)O1. The number of hydrogen-bond donors (Lipinski definition) is 3. The fourth-order valence-electron chi connectivity index (χ4n) is 2.37. The molecule has 3 N–H and O–H groups in total. The molecule has 98 valence electrons. The van der Waals surface area contributed by atoms with Crippen molar-refractivity contribution in [3.63, 3.8) is 0 Å². The summed E-state index contributed by atoms with van der Waals surface area (Å²) in [5.74, 6) is -0.0580. The molecule has 6 nitrogen and oxygen atoms in total. The van der Waals surface area contributed by atoms with Gasteiger partial charge in [0, 0.05) is 19.4 Å². The quantitative estimate of drug-likeness (QED) is 0.570. The number of aliphatic hydroxyl groups is 3. The van der Waals surface area contributed by atoms with E-state index in [9.17, 15) is 15.0 Å². The molecule has 2 aliphatic rings. The Kier molecular flexibility index (Phi) is 3.98. The first-order valence-corrected chi connectivity index (χ1v) is 6.03. The Labute approximate surface area is 99.8 Å². The Morgan fingerprint density at radius 2 is 2.12 bits per heavy atom. The fourth-order valence-corrected chi connectivity index (χ4v) is 2.37. The van der Waals surface area contributed by atoms with Crippen molar-refractivity contribution >= 4 is 5.91 Å². The monoisotopic (exact) mass is 245 g/mol.